The predicted octanol–water partition coefficient (Wildman–Crippen LogP) is 1.34. The zero-order valence-corrected chi connectivity index (χ0v) is 15.5. The number of fused-ring (bicyclic) bond motifs is 2. The molecule has 2 atom stereocenters. The molecule has 0 radical (unpaired) electrons. The number of nitrogens with zero attached hydrogens (tertiary/aromatic N) is 2. The maximum Gasteiger partial charge on any atom is 0.300 e. The van der Waals surface area contributed by atoms with Crippen molar-refractivity contribution >= 4 is 29.2 Å². The number of hydrogen-bond donors (Lipinski definition) is 2. The predicted molar refractivity (Wildman–Crippen MR) is 98.6 cm³/mol. The second kappa shape index (κ2) is 7.10. The number of amides is 1. The van der Waals surface area contributed by atoms with Gasteiger partial charge >= 0.3 is 5.03 Å². The molecule has 28 heavy (non-hydrogen) atoms. The number of aromatic nitrogens is 1. The lowest BCUT2D eigenvalue weighted by Gasteiger charge is -2.27. The van der Waals surface area contributed by atoms with Gasteiger partial charge in [0.1, 0.15) is 5.69 Å². The highest BCUT2D eigenvalue weighted by atomic mass is 32.2. The molecule has 1 amide bonds. The molecule has 9 nitrogen and oxygen atoms in total. The summed E-state index contributed by atoms with van der Waals surface area (Å²) in [5.41, 5.74) is -0.116. The van der Waals surface area contributed by atoms with Gasteiger partial charge in [-0.2, -0.15) is 0 Å². The molecule has 2 heterocycles. The summed E-state index contributed by atoms with van der Waals surface area (Å²) in [5, 5.41) is 22.3. The second-order valence-electron chi connectivity index (χ2n) is 7.12. The molecule has 10 heteroatoms. The molecule has 0 spiro atoms. The fraction of sp³-hybridized carbons (Fsp3) is 0.444. The van der Waals surface area contributed by atoms with Gasteiger partial charge in [-0.1, -0.05) is 0 Å². The Labute approximate surface area is 163 Å². The molecule has 2 N–H and O–H groups in total. The number of Topliss-reactive ketones (excluding diaryl/α,β-unsaturated/α-hetero) is 2. The summed E-state index contributed by atoms with van der Waals surface area (Å²) in [4.78, 5) is 53.0. The van der Waals surface area contributed by atoms with Crippen molar-refractivity contribution in [3.05, 3.63) is 50.3 Å². The third kappa shape index (κ3) is 3.12. The summed E-state index contributed by atoms with van der Waals surface area (Å²) in [6, 6.07) is 1.27. The van der Waals surface area contributed by atoms with E-state index in [1.807, 2.05) is 0 Å². The van der Waals surface area contributed by atoms with E-state index in [0.717, 1.165) is 11.8 Å². The molecule has 4 rings (SSSR count). The van der Waals surface area contributed by atoms with Crippen LogP contribution in [0.4, 0.5) is 0 Å². The number of aliphatic hydroxyl groups is 1. The fourth-order valence-electron chi connectivity index (χ4n) is 3.89. The van der Waals surface area contributed by atoms with Crippen LogP contribution in [0.2, 0.25) is 0 Å². The second-order valence-corrected chi connectivity index (χ2v) is 8.28. The van der Waals surface area contributed by atoms with Gasteiger partial charge in [0.2, 0.25) is 0 Å². The molecule has 1 aromatic heterocycles. The lowest BCUT2D eigenvalue weighted by molar-refractivity contribution is -0.410. The first-order valence-electron chi connectivity index (χ1n) is 8.96. The van der Waals surface area contributed by atoms with Gasteiger partial charge in [0.15, 0.2) is 11.6 Å². The highest BCUT2D eigenvalue weighted by molar-refractivity contribution is 8.04. The summed E-state index contributed by atoms with van der Waals surface area (Å²) < 4.78 is 0. The molecule has 1 aliphatic heterocycles. The van der Waals surface area contributed by atoms with Gasteiger partial charge in [-0.25, -0.2) is 0 Å². The maximum atomic E-state index is 13.0. The van der Waals surface area contributed by atoms with Gasteiger partial charge in [-0.05, 0) is 43.5 Å². The van der Waals surface area contributed by atoms with Crippen LogP contribution in [0.1, 0.15) is 56.9 Å². The van der Waals surface area contributed by atoms with Crippen molar-refractivity contribution in [2.75, 3.05) is 0 Å². The number of nitrogens with one attached hydrogen (secondary N) is 1. The normalized spacial score (nSPS) is 29.0. The summed E-state index contributed by atoms with van der Waals surface area (Å²) in [6.45, 7) is 0. The van der Waals surface area contributed by atoms with Gasteiger partial charge in [-0.3, -0.25) is 29.5 Å². The number of thioether (sulfide) groups is 1. The van der Waals surface area contributed by atoms with Crippen LogP contribution in [-0.4, -0.2) is 49.9 Å². The minimum atomic E-state index is -0.944. The SMILES string of the molecule is O=C(NC1CCC(O)CC1)c1ccnc2c1C(=O)C1SC([N+](=O)[O-])=CC1C2=O. The molecule has 0 saturated heterocycles. The van der Waals surface area contributed by atoms with Crippen molar-refractivity contribution in [2.45, 2.75) is 43.1 Å². The molecular formula is C18H17N3O6S. The minimum Gasteiger partial charge on any atom is -0.393 e. The summed E-state index contributed by atoms with van der Waals surface area (Å²) in [7, 11) is 0. The smallest absolute Gasteiger partial charge is 0.300 e. The molecule has 1 aromatic rings. The summed E-state index contributed by atoms with van der Waals surface area (Å²) >= 11 is 0.739. The van der Waals surface area contributed by atoms with E-state index in [4.69, 9.17) is 0 Å². The molecule has 0 aromatic carbocycles. The van der Waals surface area contributed by atoms with Crippen LogP contribution in [0.15, 0.2) is 23.4 Å². The van der Waals surface area contributed by atoms with Gasteiger partial charge < -0.3 is 10.4 Å². The van der Waals surface area contributed by atoms with Crippen LogP contribution in [-0.2, 0) is 0 Å². The van der Waals surface area contributed by atoms with Crippen LogP contribution in [0.5, 0.6) is 0 Å². The van der Waals surface area contributed by atoms with Gasteiger partial charge in [0.25, 0.3) is 5.91 Å². The number of ketones is 2. The lowest BCUT2D eigenvalue weighted by atomic mass is 9.82. The average molecular weight is 403 g/mol. The molecule has 146 valence electrons. The first kappa shape index (κ1) is 18.8. The Morgan fingerprint density at radius 2 is 1.96 bits per heavy atom. The monoisotopic (exact) mass is 403 g/mol. The highest BCUT2D eigenvalue weighted by Crippen LogP contribution is 2.43. The zero-order valence-electron chi connectivity index (χ0n) is 14.7. The van der Waals surface area contributed by atoms with E-state index in [1.165, 1.54) is 18.3 Å². The number of aliphatic hydroxyl groups excluding tert-OH is 1. The lowest BCUT2D eigenvalue weighted by Crippen LogP contribution is -2.42. The van der Waals surface area contributed by atoms with E-state index in [9.17, 15) is 29.6 Å². The van der Waals surface area contributed by atoms with E-state index in [-0.39, 0.29) is 34.0 Å². The molecule has 2 aliphatic carbocycles. The minimum absolute atomic E-state index is 0.0584. The van der Waals surface area contributed by atoms with E-state index in [1.54, 1.807) is 0 Å². The Morgan fingerprint density at radius 1 is 1.25 bits per heavy atom. The van der Waals surface area contributed by atoms with Crippen LogP contribution in [0.25, 0.3) is 0 Å². The third-order valence-corrected chi connectivity index (χ3v) is 6.63. The van der Waals surface area contributed by atoms with E-state index < -0.39 is 33.6 Å². The van der Waals surface area contributed by atoms with E-state index in [0.29, 0.717) is 25.7 Å². The highest BCUT2D eigenvalue weighted by Gasteiger charge is 2.50. The Kier molecular flexibility index (Phi) is 4.76. The van der Waals surface area contributed by atoms with E-state index in [2.05, 4.69) is 10.3 Å². The topological polar surface area (TPSA) is 140 Å². The number of nitro groups is 1. The van der Waals surface area contributed by atoms with Crippen LogP contribution >= 0.6 is 11.8 Å². The number of carbonyl (C=O) groups excluding carboxylic acids is 3. The van der Waals surface area contributed by atoms with Crippen molar-refractivity contribution in [2.24, 2.45) is 5.92 Å². The number of pyridine rings is 1. The number of rotatable bonds is 3. The van der Waals surface area contributed by atoms with Crippen molar-refractivity contribution in [1.82, 2.24) is 10.3 Å². The first-order chi connectivity index (χ1) is 13.4. The standard InChI is InChI=1S/C18H17N3O6S/c22-9-3-1-8(2-4-9)20-18(25)10-5-6-19-14-13(10)16(24)17-11(15(14)23)7-12(28-17)21(26)27/h5-9,11,17,22H,1-4H2,(H,20,25). The largest absolute Gasteiger partial charge is 0.393 e. The Hall–Kier alpha value is -2.59. The summed E-state index contributed by atoms with van der Waals surface area (Å²) in [5.74, 6) is -2.39. The zero-order chi connectivity index (χ0) is 20.0. The van der Waals surface area contributed by atoms with Crippen molar-refractivity contribution in [3.63, 3.8) is 0 Å². The summed E-state index contributed by atoms with van der Waals surface area (Å²) in [6.07, 6.45) is 4.57. The maximum absolute atomic E-state index is 13.0. The van der Waals surface area contributed by atoms with Crippen LogP contribution in [0, 0.1) is 16.0 Å². The molecular weight excluding hydrogens is 386 g/mol. The number of carbonyl (C=O) groups is 3. The molecule has 3 aliphatic rings. The number of hydrogen-bond acceptors (Lipinski definition) is 8. The fourth-order valence-corrected chi connectivity index (χ4v) is 5.03. The molecule has 2 unspecified atom stereocenters. The average Bonchev–Trinajstić information content (AvgIpc) is 3.14. The van der Waals surface area contributed by atoms with E-state index >= 15 is 0 Å². The van der Waals surface area contributed by atoms with Crippen LogP contribution in [0.3, 0.4) is 0 Å². The Balaban J connectivity index is 1.63. The third-order valence-electron chi connectivity index (χ3n) is 5.34. The number of allylic oxidation sites excluding steroid dienone is 1. The van der Waals surface area contributed by atoms with Crippen molar-refractivity contribution < 1.29 is 24.4 Å². The molecule has 0 bridgehead atoms. The Bertz CT molecular complexity index is 922. The van der Waals surface area contributed by atoms with Crippen molar-refractivity contribution in [1.29, 1.82) is 0 Å². The quantitative estimate of drug-likeness (QED) is 0.569. The van der Waals surface area contributed by atoms with Gasteiger partial charge in [0, 0.05) is 18.3 Å². The molecule has 1 fully saturated rings. The van der Waals surface area contributed by atoms with Crippen LogP contribution < -0.4 is 5.32 Å². The van der Waals surface area contributed by atoms with Crippen molar-refractivity contribution in [3.8, 4) is 0 Å². The van der Waals surface area contributed by atoms with Gasteiger partial charge in [-0.15, -0.1) is 0 Å². The first-order valence-corrected chi connectivity index (χ1v) is 9.84. The Morgan fingerprint density at radius 3 is 2.64 bits per heavy atom. The van der Waals surface area contributed by atoms with Gasteiger partial charge in [0.05, 0.1) is 33.3 Å². The molecule has 1 saturated carbocycles.